The van der Waals surface area contributed by atoms with Crippen molar-refractivity contribution in [3.63, 3.8) is 0 Å². The predicted molar refractivity (Wildman–Crippen MR) is 72.6 cm³/mol. The number of amides is 1. The van der Waals surface area contributed by atoms with E-state index in [1.54, 1.807) is 12.1 Å². The first-order valence-corrected chi connectivity index (χ1v) is 8.11. The summed E-state index contributed by atoms with van der Waals surface area (Å²) in [5.74, 6) is 0.0996. The van der Waals surface area contributed by atoms with E-state index in [2.05, 4.69) is 5.32 Å². The van der Waals surface area contributed by atoms with E-state index in [4.69, 9.17) is 5.73 Å². The monoisotopic (exact) mass is 282 g/mol. The molecule has 6 heteroatoms. The van der Waals surface area contributed by atoms with E-state index in [0.29, 0.717) is 12.5 Å². The summed E-state index contributed by atoms with van der Waals surface area (Å²) in [6.45, 7) is 0.377. The Morgan fingerprint density at radius 1 is 1.42 bits per heavy atom. The van der Waals surface area contributed by atoms with Gasteiger partial charge in [0.2, 0.25) is 0 Å². The first-order chi connectivity index (χ1) is 8.89. The van der Waals surface area contributed by atoms with Gasteiger partial charge in [-0.25, -0.2) is 8.42 Å². The van der Waals surface area contributed by atoms with Crippen LogP contribution in [0.4, 0.5) is 0 Å². The molecule has 0 radical (unpaired) electrons. The fourth-order valence-corrected chi connectivity index (χ4v) is 2.86. The van der Waals surface area contributed by atoms with Crippen LogP contribution in [0.5, 0.6) is 0 Å². The Morgan fingerprint density at radius 2 is 2.05 bits per heavy atom. The average molecular weight is 282 g/mol. The van der Waals surface area contributed by atoms with Crippen LogP contribution in [-0.4, -0.2) is 33.2 Å². The molecule has 1 aliphatic carbocycles. The van der Waals surface area contributed by atoms with Gasteiger partial charge in [-0.15, -0.1) is 0 Å². The third kappa shape index (κ3) is 3.54. The highest BCUT2D eigenvalue weighted by Gasteiger charge is 2.28. The van der Waals surface area contributed by atoms with Gasteiger partial charge >= 0.3 is 0 Å². The van der Waals surface area contributed by atoms with Crippen molar-refractivity contribution in [2.24, 2.45) is 11.7 Å². The highest BCUT2D eigenvalue weighted by molar-refractivity contribution is 7.90. The summed E-state index contributed by atoms with van der Waals surface area (Å²) in [4.78, 5) is 12.1. The largest absolute Gasteiger partial charge is 0.350 e. The molecule has 1 aromatic rings. The minimum absolute atomic E-state index is 0.0469. The molecule has 1 atom stereocenters. The number of sulfone groups is 1. The van der Waals surface area contributed by atoms with Crippen molar-refractivity contribution >= 4 is 15.7 Å². The Kier molecular flexibility index (Phi) is 3.91. The second-order valence-electron chi connectivity index (χ2n) is 4.98. The van der Waals surface area contributed by atoms with E-state index >= 15 is 0 Å². The maximum atomic E-state index is 12.0. The molecule has 0 aliphatic heterocycles. The van der Waals surface area contributed by atoms with E-state index in [-0.39, 0.29) is 16.5 Å². The summed E-state index contributed by atoms with van der Waals surface area (Å²) in [6.07, 6.45) is 3.31. The number of rotatable bonds is 5. The lowest BCUT2D eigenvalue weighted by molar-refractivity contribution is 0.0947. The number of nitrogens with one attached hydrogen (secondary N) is 1. The summed E-state index contributed by atoms with van der Waals surface area (Å²) in [5, 5.41) is 2.70. The second-order valence-corrected chi connectivity index (χ2v) is 6.96. The van der Waals surface area contributed by atoms with Crippen LogP contribution >= 0.6 is 0 Å². The van der Waals surface area contributed by atoms with Crippen molar-refractivity contribution in [3.05, 3.63) is 29.8 Å². The molecule has 0 heterocycles. The number of hydrogen-bond acceptors (Lipinski definition) is 4. The van der Waals surface area contributed by atoms with Gasteiger partial charge < -0.3 is 11.1 Å². The number of carbonyl (C=O) groups is 1. The third-order valence-corrected chi connectivity index (χ3v) is 4.41. The predicted octanol–water partition coefficient (Wildman–Crippen LogP) is 0.557. The molecule has 1 aliphatic rings. The molecule has 1 unspecified atom stereocenters. The molecule has 1 fully saturated rings. The van der Waals surface area contributed by atoms with Crippen molar-refractivity contribution in [1.82, 2.24) is 5.32 Å². The van der Waals surface area contributed by atoms with Crippen LogP contribution in [0, 0.1) is 5.92 Å². The topological polar surface area (TPSA) is 89.3 Å². The van der Waals surface area contributed by atoms with Crippen molar-refractivity contribution in [3.8, 4) is 0 Å². The molecule has 0 spiro atoms. The first kappa shape index (κ1) is 14.0. The second kappa shape index (κ2) is 5.30. The van der Waals surface area contributed by atoms with Gasteiger partial charge in [-0.2, -0.15) is 0 Å². The standard InChI is InChI=1S/C13H18N2O3S/c1-19(17,18)12-5-3-2-4-10(12)13(16)15-8-11(14)9-6-7-9/h2-5,9,11H,6-8,14H2,1H3,(H,15,16). The van der Waals surface area contributed by atoms with Crippen molar-refractivity contribution in [2.75, 3.05) is 12.8 Å². The molecule has 0 aromatic heterocycles. The quantitative estimate of drug-likeness (QED) is 0.825. The van der Waals surface area contributed by atoms with E-state index in [9.17, 15) is 13.2 Å². The van der Waals surface area contributed by atoms with Crippen LogP contribution < -0.4 is 11.1 Å². The molecule has 1 saturated carbocycles. The Hall–Kier alpha value is -1.40. The lowest BCUT2D eigenvalue weighted by atomic mass is 10.2. The van der Waals surface area contributed by atoms with Crippen LogP contribution in [0.3, 0.4) is 0 Å². The van der Waals surface area contributed by atoms with Gasteiger partial charge in [0.25, 0.3) is 5.91 Å². The van der Waals surface area contributed by atoms with E-state index in [0.717, 1.165) is 19.1 Å². The van der Waals surface area contributed by atoms with Gasteiger partial charge in [-0.05, 0) is 30.9 Å². The smallest absolute Gasteiger partial charge is 0.252 e. The molecule has 0 bridgehead atoms. The molecule has 104 valence electrons. The lowest BCUT2D eigenvalue weighted by Gasteiger charge is -2.13. The zero-order valence-electron chi connectivity index (χ0n) is 10.8. The molecular weight excluding hydrogens is 264 g/mol. The van der Waals surface area contributed by atoms with Crippen LogP contribution in [0.2, 0.25) is 0 Å². The number of carbonyl (C=O) groups excluding carboxylic acids is 1. The third-order valence-electron chi connectivity index (χ3n) is 3.26. The number of hydrogen-bond donors (Lipinski definition) is 2. The lowest BCUT2D eigenvalue weighted by Crippen LogP contribution is -2.38. The first-order valence-electron chi connectivity index (χ1n) is 6.22. The average Bonchev–Trinajstić information content (AvgIpc) is 3.18. The van der Waals surface area contributed by atoms with Gasteiger partial charge in [0, 0.05) is 18.8 Å². The molecule has 5 nitrogen and oxygen atoms in total. The van der Waals surface area contributed by atoms with Crippen LogP contribution in [-0.2, 0) is 9.84 Å². The number of nitrogens with two attached hydrogens (primary N) is 1. The van der Waals surface area contributed by atoms with Gasteiger partial charge in [0.05, 0.1) is 10.5 Å². The molecule has 3 N–H and O–H groups in total. The Balaban J connectivity index is 2.10. The van der Waals surface area contributed by atoms with Crippen LogP contribution in [0.1, 0.15) is 23.2 Å². The zero-order valence-corrected chi connectivity index (χ0v) is 11.6. The maximum absolute atomic E-state index is 12.0. The minimum atomic E-state index is -3.41. The minimum Gasteiger partial charge on any atom is -0.350 e. The van der Waals surface area contributed by atoms with E-state index < -0.39 is 15.7 Å². The fraction of sp³-hybridized carbons (Fsp3) is 0.462. The van der Waals surface area contributed by atoms with Gasteiger partial charge in [-0.3, -0.25) is 4.79 Å². The summed E-state index contributed by atoms with van der Waals surface area (Å²) >= 11 is 0. The Labute approximate surface area is 113 Å². The maximum Gasteiger partial charge on any atom is 0.252 e. The van der Waals surface area contributed by atoms with Crippen LogP contribution in [0.15, 0.2) is 29.2 Å². The zero-order chi connectivity index (χ0) is 14.0. The highest BCUT2D eigenvalue weighted by atomic mass is 32.2. The summed E-state index contributed by atoms with van der Waals surface area (Å²) < 4.78 is 23.2. The molecule has 1 aromatic carbocycles. The summed E-state index contributed by atoms with van der Waals surface area (Å²) in [5.41, 5.74) is 6.07. The number of benzene rings is 1. The molecule has 0 saturated heterocycles. The summed E-state index contributed by atoms with van der Waals surface area (Å²) in [6, 6.07) is 6.14. The van der Waals surface area contributed by atoms with Gasteiger partial charge in [0.15, 0.2) is 9.84 Å². The van der Waals surface area contributed by atoms with Crippen molar-refractivity contribution in [2.45, 2.75) is 23.8 Å². The highest BCUT2D eigenvalue weighted by Crippen LogP contribution is 2.31. The molecule has 2 rings (SSSR count). The van der Waals surface area contributed by atoms with Crippen LogP contribution in [0.25, 0.3) is 0 Å². The fourth-order valence-electron chi connectivity index (χ4n) is 1.97. The van der Waals surface area contributed by atoms with E-state index in [1.807, 2.05) is 0 Å². The molecule has 19 heavy (non-hydrogen) atoms. The van der Waals surface area contributed by atoms with Gasteiger partial charge in [0.1, 0.15) is 0 Å². The van der Waals surface area contributed by atoms with E-state index in [1.165, 1.54) is 12.1 Å². The Morgan fingerprint density at radius 3 is 2.63 bits per heavy atom. The summed E-state index contributed by atoms with van der Waals surface area (Å²) in [7, 11) is -3.41. The van der Waals surface area contributed by atoms with Crippen molar-refractivity contribution < 1.29 is 13.2 Å². The van der Waals surface area contributed by atoms with Gasteiger partial charge in [-0.1, -0.05) is 12.1 Å². The Bertz CT molecular complexity index is 579. The SMILES string of the molecule is CS(=O)(=O)c1ccccc1C(=O)NCC(N)C1CC1. The molecule has 1 amide bonds. The molecular formula is C13H18N2O3S. The van der Waals surface area contributed by atoms with Crippen molar-refractivity contribution in [1.29, 1.82) is 0 Å². The normalized spacial score (nSPS) is 16.9.